The highest BCUT2D eigenvalue weighted by molar-refractivity contribution is 6.32. The molecule has 8 nitrogen and oxygen atoms in total. The number of pyridine rings is 1. The first-order valence-electron chi connectivity index (χ1n) is 9.82. The molecule has 4 rings (SSSR count). The second-order valence-electron chi connectivity index (χ2n) is 7.40. The molecule has 32 heavy (non-hydrogen) atoms. The van der Waals surface area contributed by atoms with E-state index in [1.54, 1.807) is 29.8 Å². The van der Waals surface area contributed by atoms with Crippen LogP contribution in [0.1, 0.15) is 11.3 Å². The molecule has 1 aliphatic heterocycles. The van der Waals surface area contributed by atoms with Crippen LogP contribution in [-0.4, -0.2) is 39.6 Å². The van der Waals surface area contributed by atoms with Gasteiger partial charge in [0.15, 0.2) is 5.82 Å². The van der Waals surface area contributed by atoms with Crippen molar-refractivity contribution in [3.63, 3.8) is 0 Å². The Morgan fingerprint density at radius 1 is 1.19 bits per heavy atom. The zero-order chi connectivity index (χ0) is 22.8. The summed E-state index contributed by atoms with van der Waals surface area (Å²) < 4.78 is 31.5. The SMILES string of the molecule is CN1CCc2cc(Nc3ncc(Cl)c(Nc4ccccc4OC(F)F)n3)c(=O)n(C)c2C1. The predicted molar refractivity (Wildman–Crippen MR) is 118 cm³/mol. The Morgan fingerprint density at radius 3 is 2.75 bits per heavy atom. The molecule has 0 saturated heterocycles. The Balaban J connectivity index is 1.62. The number of hydrogen-bond donors (Lipinski definition) is 2. The minimum absolute atomic E-state index is 0.0554. The number of para-hydroxylation sites is 2. The van der Waals surface area contributed by atoms with Crippen LogP contribution in [0, 0.1) is 0 Å². The lowest BCUT2D eigenvalue weighted by atomic mass is 10.0. The molecular weight excluding hydrogens is 442 g/mol. The van der Waals surface area contributed by atoms with Gasteiger partial charge in [0.1, 0.15) is 16.5 Å². The van der Waals surface area contributed by atoms with E-state index in [9.17, 15) is 13.6 Å². The van der Waals surface area contributed by atoms with Crippen LogP contribution in [0.5, 0.6) is 5.75 Å². The summed E-state index contributed by atoms with van der Waals surface area (Å²) in [5.41, 5.74) is 2.45. The van der Waals surface area contributed by atoms with Crippen LogP contribution in [0.25, 0.3) is 0 Å². The van der Waals surface area contributed by atoms with Crippen molar-refractivity contribution in [2.75, 3.05) is 24.2 Å². The fourth-order valence-corrected chi connectivity index (χ4v) is 3.67. The second-order valence-corrected chi connectivity index (χ2v) is 7.80. The quantitative estimate of drug-likeness (QED) is 0.574. The van der Waals surface area contributed by atoms with Gasteiger partial charge in [-0.1, -0.05) is 23.7 Å². The number of hydrogen-bond acceptors (Lipinski definition) is 7. The Morgan fingerprint density at radius 2 is 1.97 bits per heavy atom. The summed E-state index contributed by atoms with van der Waals surface area (Å²) in [7, 11) is 3.75. The van der Waals surface area contributed by atoms with Gasteiger partial charge >= 0.3 is 6.61 Å². The van der Waals surface area contributed by atoms with Crippen LogP contribution >= 0.6 is 11.6 Å². The zero-order valence-corrected chi connectivity index (χ0v) is 18.2. The van der Waals surface area contributed by atoms with Crippen LogP contribution in [0.15, 0.2) is 41.3 Å². The third kappa shape index (κ3) is 4.66. The standard InChI is InChI=1S/C21H21ClF2N6O2/c1-29-8-7-12-9-15(19(31)30(2)16(12)11-29)27-21-25-10-13(22)18(28-21)26-14-5-3-4-6-17(14)32-20(23)24/h3-6,9-10,20H,7-8,11H2,1-2H3,(H2,25,26,27,28). The fraction of sp³-hybridized carbons (Fsp3) is 0.286. The smallest absolute Gasteiger partial charge is 0.387 e. The van der Waals surface area contributed by atoms with E-state index >= 15 is 0 Å². The lowest BCUT2D eigenvalue weighted by Crippen LogP contribution is -2.34. The summed E-state index contributed by atoms with van der Waals surface area (Å²) in [6.45, 7) is -1.38. The summed E-state index contributed by atoms with van der Waals surface area (Å²) in [6.07, 6.45) is 2.18. The monoisotopic (exact) mass is 462 g/mol. The lowest BCUT2D eigenvalue weighted by molar-refractivity contribution is -0.0493. The van der Waals surface area contributed by atoms with E-state index in [0.29, 0.717) is 12.2 Å². The highest BCUT2D eigenvalue weighted by atomic mass is 35.5. The van der Waals surface area contributed by atoms with Crippen LogP contribution in [-0.2, 0) is 20.0 Å². The molecule has 0 amide bonds. The number of nitrogens with zero attached hydrogens (tertiary/aromatic N) is 4. The molecule has 0 bridgehead atoms. The molecule has 0 spiro atoms. The number of likely N-dealkylation sites (N-methyl/N-ethyl adjacent to an activating group) is 1. The van der Waals surface area contributed by atoms with Gasteiger partial charge in [-0.05, 0) is 37.2 Å². The number of ether oxygens (including phenoxy) is 1. The lowest BCUT2D eigenvalue weighted by Gasteiger charge is -2.27. The predicted octanol–water partition coefficient (Wildman–Crippen LogP) is 3.91. The minimum atomic E-state index is -2.98. The van der Waals surface area contributed by atoms with Gasteiger partial charge in [0, 0.05) is 25.8 Å². The number of halogens is 3. The molecule has 2 N–H and O–H groups in total. The molecule has 168 valence electrons. The van der Waals surface area contributed by atoms with E-state index in [-0.39, 0.29) is 33.8 Å². The van der Waals surface area contributed by atoms with Gasteiger partial charge in [-0.15, -0.1) is 0 Å². The van der Waals surface area contributed by atoms with Gasteiger partial charge in [0.25, 0.3) is 5.56 Å². The molecule has 11 heteroatoms. The van der Waals surface area contributed by atoms with Crippen molar-refractivity contribution in [3.8, 4) is 5.75 Å². The first kappa shape index (κ1) is 22.0. The maximum atomic E-state index is 12.8. The average Bonchev–Trinajstić information content (AvgIpc) is 2.75. The van der Waals surface area contributed by atoms with Crippen molar-refractivity contribution in [2.24, 2.45) is 7.05 Å². The molecule has 0 radical (unpaired) electrons. The maximum absolute atomic E-state index is 12.8. The first-order chi connectivity index (χ1) is 15.3. The van der Waals surface area contributed by atoms with Crippen molar-refractivity contribution in [1.82, 2.24) is 19.4 Å². The fourth-order valence-electron chi connectivity index (χ4n) is 3.53. The van der Waals surface area contributed by atoms with E-state index in [0.717, 1.165) is 24.2 Å². The first-order valence-corrected chi connectivity index (χ1v) is 10.2. The zero-order valence-electron chi connectivity index (χ0n) is 17.4. The summed E-state index contributed by atoms with van der Waals surface area (Å²) in [4.78, 5) is 23.4. The number of fused-ring (bicyclic) bond motifs is 1. The molecule has 0 fully saturated rings. The third-order valence-electron chi connectivity index (χ3n) is 5.16. The van der Waals surface area contributed by atoms with Gasteiger partial charge < -0.3 is 24.8 Å². The van der Waals surface area contributed by atoms with Crippen molar-refractivity contribution in [2.45, 2.75) is 19.6 Å². The highest BCUT2D eigenvalue weighted by Crippen LogP contribution is 2.31. The minimum Gasteiger partial charge on any atom is -0.433 e. The van der Waals surface area contributed by atoms with Crippen molar-refractivity contribution < 1.29 is 13.5 Å². The molecule has 0 atom stereocenters. The Kier molecular flexibility index (Phi) is 6.24. The maximum Gasteiger partial charge on any atom is 0.387 e. The molecule has 2 aromatic heterocycles. The molecule has 1 aliphatic rings. The average molecular weight is 463 g/mol. The summed E-state index contributed by atoms with van der Waals surface area (Å²) in [5, 5.41) is 6.01. The summed E-state index contributed by atoms with van der Waals surface area (Å²) >= 11 is 6.20. The van der Waals surface area contributed by atoms with E-state index in [2.05, 4.69) is 30.2 Å². The van der Waals surface area contributed by atoms with Gasteiger partial charge in [0.2, 0.25) is 5.95 Å². The Hall–Kier alpha value is -3.24. The number of rotatable bonds is 6. The molecule has 0 aliphatic carbocycles. The Bertz CT molecular complexity index is 1200. The van der Waals surface area contributed by atoms with Crippen molar-refractivity contribution in [3.05, 3.63) is 63.2 Å². The van der Waals surface area contributed by atoms with Crippen molar-refractivity contribution in [1.29, 1.82) is 0 Å². The summed E-state index contributed by atoms with van der Waals surface area (Å²) in [6, 6.07) is 8.00. The van der Waals surface area contributed by atoms with Gasteiger partial charge in [-0.25, -0.2) is 4.98 Å². The van der Waals surface area contributed by atoms with E-state index in [4.69, 9.17) is 11.6 Å². The number of aromatic nitrogens is 3. The molecule has 0 saturated carbocycles. The number of nitrogens with one attached hydrogen (secondary N) is 2. The third-order valence-corrected chi connectivity index (χ3v) is 5.44. The largest absolute Gasteiger partial charge is 0.433 e. The topological polar surface area (TPSA) is 84.3 Å². The molecule has 3 heterocycles. The van der Waals surface area contributed by atoms with Crippen LogP contribution in [0.4, 0.5) is 31.9 Å². The summed E-state index contributed by atoms with van der Waals surface area (Å²) in [5.74, 6) is 0.250. The van der Waals surface area contributed by atoms with E-state index in [1.807, 2.05) is 13.1 Å². The highest BCUT2D eigenvalue weighted by Gasteiger charge is 2.19. The van der Waals surface area contributed by atoms with E-state index < -0.39 is 6.61 Å². The molecular formula is C21H21ClF2N6O2. The number of benzene rings is 1. The Labute approximate surface area is 187 Å². The second kappa shape index (κ2) is 9.09. The van der Waals surface area contributed by atoms with Gasteiger partial charge in [-0.3, -0.25) is 4.79 Å². The van der Waals surface area contributed by atoms with Crippen molar-refractivity contribution >= 4 is 34.7 Å². The normalized spacial score (nSPS) is 13.7. The van der Waals surface area contributed by atoms with Crippen LogP contribution < -0.4 is 20.9 Å². The molecule has 0 unspecified atom stereocenters. The van der Waals surface area contributed by atoms with Crippen LogP contribution in [0.3, 0.4) is 0 Å². The van der Waals surface area contributed by atoms with E-state index in [1.165, 1.54) is 12.3 Å². The molecule has 1 aromatic carbocycles. The number of anilines is 4. The molecule has 3 aromatic rings. The van der Waals surface area contributed by atoms with Gasteiger partial charge in [0.05, 0.1) is 11.9 Å². The van der Waals surface area contributed by atoms with Crippen LogP contribution in [0.2, 0.25) is 5.02 Å². The van der Waals surface area contributed by atoms with Gasteiger partial charge in [-0.2, -0.15) is 13.8 Å². The number of alkyl halides is 2.